The van der Waals surface area contributed by atoms with Crippen LogP contribution in [0.2, 0.25) is 0 Å². The highest BCUT2D eigenvalue weighted by Crippen LogP contribution is 2.32. The zero-order valence-corrected chi connectivity index (χ0v) is 22.5. The van der Waals surface area contributed by atoms with Crippen molar-refractivity contribution in [1.82, 2.24) is 15.5 Å². The topological polar surface area (TPSA) is 67.4 Å². The third kappa shape index (κ3) is 7.23. The SMILES string of the molecule is CCNC(=NCc1sccc1C)NCC(c1ccc(OC)c(OC)c1)N1CCOCC1.I. The number of rotatable bonds is 9. The molecule has 0 saturated carbocycles. The molecular formula is C23H35IN4O3S. The molecule has 0 amide bonds. The number of halogens is 1. The molecule has 1 aromatic heterocycles. The summed E-state index contributed by atoms with van der Waals surface area (Å²) in [7, 11) is 3.33. The molecule has 1 atom stereocenters. The summed E-state index contributed by atoms with van der Waals surface area (Å²) in [5.74, 6) is 2.31. The van der Waals surface area contributed by atoms with Gasteiger partial charge in [-0.05, 0) is 48.6 Å². The summed E-state index contributed by atoms with van der Waals surface area (Å²) in [5, 5.41) is 9.04. The van der Waals surface area contributed by atoms with E-state index in [1.54, 1.807) is 25.6 Å². The second-order valence-electron chi connectivity index (χ2n) is 7.38. The van der Waals surface area contributed by atoms with Gasteiger partial charge in [0.2, 0.25) is 0 Å². The predicted molar refractivity (Wildman–Crippen MR) is 142 cm³/mol. The molecule has 1 aliphatic rings. The molecule has 2 aromatic rings. The number of aliphatic imine (C=N–C) groups is 1. The van der Waals surface area contributed by atoms with Crippen molar-refractivity contribution in [3.63, 3.8) is 0 Å². The Bertz CT molecular complexity index is 856. The highest BCUT2D eigenvalue weighted by molar-refractivity contribution is 14.0. The summed E-state index contributed by atoms with van der Waals surface area (Å²) in [5.41, 5.74) is 2.47. The molecule has 2 heterocycles. The summed E-state index contributed by atoms with van der Waals surface area (Å²) < 4.78 is 16.5. The zero-order valence-electron chi connectivity index (χ0n) is 19.3. The monoisotopic (exact) mass is 574 g/mol. The normalized spacial score (nSPS) is 15.6. The molecule has 2 N–H and O–H groups in total. The Kier molecular flexibility index (Phi) is 11.6. The van der Waals surface area contributed by atoms with E-state index in [4.69, 9.17) is 19.2 Å². The van der Waals surface area contributed by atoms with E-state index in [1.807, 2.05) is 6.07 Å². The Morgan fingerprint density at radius 1 is 1.16 bits per heavy atom. The number of nitrogens with zero attached hydrogens (tertiary/aromatic N) is 2. The van der Waals surface area contributed by atoms with Crippen LogP contribution in [0.3, 0.4) is 0 Å². The first kappa shape index (κ1) is 26.7. The van der Waals surface area contributed by atoms with Crippen LogP contribution in [0.4, 0.5) is 0 Å². The summed E-state index contributed by atoms with van der Waals surface area (Å²) >= 11 is 1.75. The van der Waals surface area contributed by atoms with Crippen LogP contribution >= 0.6 is 35.3 Å². The van der Waals surface area contributed by atoms with Gasteiger partial charge in [-0.2, -0.15) is 0 Å². The van der Waals surface area contributed by atoms with Crippen LogP contribution in [0.15, 0.2) is 34.6 Å². The van der Waals surface area contributed by atoms with Crippen molar-refractivity contribution >= 4 is 41.3 Å². The van der Waals surface area contributed by atoms with Gasteiger partial charge in [0.15, 0.2) is 17.5 Å². The molecule has 178 valence electrons. The standard InChI is InChI=1S/C23H34N4O3S.HI/c1-5-24-23(26-16-22-17(2)8-13-31-22)25-15-19(27-9-11-30-12-10-27)18-6-7-20(28-3)21(14-18)29-4;/h6-8,13-14,19H,5,9-12,15-16H2,1-4H3,(H2,24,25,26);1H. The molecule has 3 rings (SSSR count). The molecule has 0 radical (unpaired) electrons. The number of hydrogen-bond donors (Lipinski definition) is 2. The van der Waals surface area contributed by atoms with Crippen molar-refractivity contribution in [3.05, 3.63) is 45.6 Å². The molecule has 0 bridgehead atoms. The fraction of sp³-hybridized carbons (Fsp3) is 0.522. The lowest BCUT2D eigenvalue weighted by atomic mass is 10.0. The van der Waals surface area contributed by atoms with Gasteiger partial charge in [0, 0.05) is 31.1 Å². The number of morpholine rings is 1. The second kappa shape index (κ2) is 13.9. The van der Waals surface area contributed by atoms with Crippen LogP contribution in [-0.4, -0.2) is 64.5 Å². The minimum Gasteiger partial charge on any atom is -0.493 e. The Hall–Kier alpha value is -1.56. The number of nitrogens with one attached hydrogen (secondary N) is 2. The molecule has 32 heavy (non-hydrogen) atoms. The van der Waals surface area contributed by atoms with Crippen LogP contribution in [0.5, 0.6) is 11.5 Å². The van der Waals surface area contributed by atoms with E-state index < -0.39 is 0 Å². The Balaban J connectivity index is 0.00000363. The molecule has 0 spiro atoms. The Morgan fingerprint density at radius 3 is 2.53 bits per heavy atom. The van der Waals surface area contributed by atoms with Gasteiger partial charge in [-0.15, -0.1) is 35.3 Å². The first-order chi connectivity index (χ1) is 15.2. The maximum absolute atomic E-state index is 5.58. The second-order valence-corrected chi connectivity index (χ2v) is 8.38. The van der Waals surface area contributed by atoms with Gasteiger partial charge in [0.25, 0.3) is 0 Å². The smallest absolute Gasteiger partial charge is 0.191 e. The number of guanidine groups is 1. The molecule has 1 unspecified atom stereocenters. The van der Waals surface area contributed by atoms with E-state index in [0.717, 1.165) is 56.9 Å². The maximum Gasteiger partial charge on any atom is 0.191 e. The minimum atomic E-state index is 0. The average molecular weight is 575 g/mol. The third-order valence-corrected chi connectivity index (χ3v) is 6.44. The van der Waals surface area contributed by atoms with E-state index in [2.05, 4.69) is 53.0 Å². The molecule has 1 aliphatic heterocycles. The van der Waals surface area contributed by atoms with Gasteiger partial charge in [-0.3, -0.25) is 4.90 Å². The molecule has 9 heteroatoms. The van der Waals surface area contributed by atoms with Crippen LogP contribution in [0, 0.1) is 6.92 Å². The van der Waals surface area contributed by atoms with E-state index in [0.29, 0.717) is 6.54 Å². The van der Waals surface area contributed by atoms with E-state index in [-0.39, 0.29) is 30.0 Å². The van der Waals surface area contributed by atoms with E-state index >= 15 is 0 Å². The lowest BCUT2D eigenvalue weighted by molar-refractivity contribution is 0.0169. The lowest BCUT2D eigenvalue weighted by Gasteiger charge is -2.35. The highest BCUT2D eigenvalue weighted by atomic mass is 127. The minimum absolute atomic E-state index is 0. The number of benzene rings is 1. The zero-order chi connectivity index (χ0) is 22.1. The summed E-state index contributed by atoms with van der Waals surface area (Å²) in [4.78, 5) is 8.55. The predicted octanol–water partition coefficient (Wildman–Crippen LogP) is 3.82. The maximum atomic E-state index is 5.58. The number of thiophene rings is 1. The summed E-state index contributed by atoms with van der Waals surface area (Å²) in [6.07, 6.45) is 0. The van der Waals surface area contributed by atoms with Gasteiger partial charge < -0.3 is 24.8 Å². The Labute approximate surface area is 212 Å². The number of aryl methyl sites for hydroxylation is 1. The van der Waals surface area contributed by atoms with E-state index in [1.165, 1.54) is 16.0 Å². The third-order valence-electron chi connectivity index (χ3n) is 5.43. The molecule has 1 aromatic carbocycles. The number of methoxy groups -OCH3 is 2. The van der Waals surface area contributed by atoms with Gasteiger partial charge >= 0.3 is 0 Å². The number of hydrogen-bond acceptors (Lipinski definition) is 6. The van der Waals surface area contributed by atoms with Gasteiger partial charge in [-0.1, -0.05) is 6.07 Å². The van der Waals surface area contributed by atoms with Gasteiger partial charge in [-0.25, -0.2) is 4.99 Å². The van der Waals surface area contributed by atoms with Crippen molar-refractivity contribution in [2.45, 2.75) is 26.4 Å². The van der Waals surface area contributed by atoms with E-state index in [9.17, 15) is 0 Å². The first-order valence-electron chi connectivity index (χ1n) is 10.7. The lowest BCUT2D eigenvalue weighted by Crippen LogP contribution is -2.46. The summed E-state index contributed by atoms with van der Waals surface area (Å²) in [6.45, 7) is 9.71. The molecule has 1 fully saturated rings. The molecule has 1 saturated heterocycles. The highest BCUT2D eigenvalue weighted by Gasteiger charge is 2.24. The van der Waals surface area contributed by atoms with Gasteiger partial charge in [0.05, 0.1) is 40.0 Å². The molecule has 0 aliphatic carbocycles. The van der Waals surface area contributed by atoms with Crippen LogP contribution < -0.4 is 20.1 Å². The quantitative estimate of drug-likeness (QED) is 0.270. The largest absolute Gasteiger partial charge is 0.493 e. The van der Waals surface area contributed by atoms with Gasteiger partial charge in [0.1, 0.15) is 0 Å². The molecule has 7 nitrogen and oxygen atoms in total. The fourth-order valence-corrected chi connectivity index (χ4v) is 4.49. The van der Waals surface area contributed by atoms with Crippen molar-refractivity contribution < 1.29 is 14.2 Å². The van der Waals surface area contributed by atoms with Crippen LogP contribution in [-0.2, 0) is 11.3 Å². The first-order valence-corrected chi connectivity index (χ1v) is 11.6. The van der Waals surface area contributed by atoms with Crippen molar-refractivity contribution in [3.8, 4) is 11.5 Å². The summed E-state index contributed by atoms with van der Waals surface area (Å²) in [6, 6.07) is 8.46. The van der Waals surface area contributed by atoms with Crippen molar-refractivity contribution in [2.75, 3.05) is 53.6 Å². The average Bonchev–Trinajstić information content (AvgIpc) is 3.22. The van der Waals surface area contributed by atoms with Crippen molar-refractivity contribution in [1.29, 1.82) is 0 Å². The van der Waals surface area contributed by atoms with Crippen LogP contribution in [0.25, 0.3) is 0 Å². The van der Waals surface area contributed by atoms with Crippen LogP contribution in [0.1, 0.15) is 29.0 Å². The van der Waals surface area contributed by atoms with Crippen molar-refractivity contribution in [2.24, 2.45) is 4.99 Å². The molecular weight excluding hydrogens is 539 g/mol. The Morgan fingerprint density at radius 2 is 1.91 bits per heavy atom. The number of ether oxygens (including phenoxy) is 3. The fourth-order valence-electron chi connectivity index (χ4n) is 3.66.